The van der Waals surface area contributed by atoms with Gasteiger partial charge < -0.3 is 9.64 Å². The number of carbonyl (C=O) groups is 1. The molecule has 0 fully saturated rings. The van der Waals surface area contributed by atoms with Crippen LogP contribution in [0.15, 0.2) is 71.7 Å². The fraction of sp³-hybridized carbons (Fsp3) is 0.259. The summed E-state index contributed by atoms with van der Waals surface area (Å²) in [5.41, 5.74) is 2.51. The number of anilines is 1. The first-order chi connectivity index (χ1) is 17.4. The highest BCUT2D eigenvalue weighted by molar-refractivity contribution is 5.84. The molecule has 1 N–H and O–H groups in total. The molecule has 2 aromatic heterocycles. The third-order valence-corrected chi connectivity index (χ3v) is 5.66. The zero-order valence-corrected chi connectivity index (χ0v) is 20.3. The Balaban J connectivity index is 1.46. The third-order valence-electron chi connectivity index (χ3n) is 5.66. The number of ether oxygens (including phenoxy) is 1. The van der Waals surface area contributed by atoms with Crippen molar-refractivity contribution in [1.29, 1.82) is 5.26 Å². The van der Waals surface area contributed by atoms with E-state index in [-0.39, 0.29) is 12.1 Å². The lowest BCUT2D eigenvalue weighted by atomic mass is 10.2. The number of hydrogen-bond donors (Lipinski definition) is 1. The maximum Gasteiger partial charge on any atom is 0.411 e. The number of carbonyl (C=O) groups excluding carboxylic acids is 1. The molecule has 2 aromatic carbocycles. The molecule has 0 saturated heterocycles. The number of nitriles is 1. The Morgan fingerprint density at radius 1 is 1.11 bits per heavy atom. The standard InChI is InChI=1S/C27H28N6O3/c1-31(2)13-3-4-15-36-27(35)29-23-7-5-6-21(16-23)19-33-26(34)11-10-25(30-33)32-14-12-22-9-8-20(18-28)17-24(22)32/h5-12,14,16-17H,3-4,13,15,19H2,1-2H3,(H,29,35). The average molecular weight is 485 g/mol. The predicted octanol–water partition coefficient (Wildman–Crippen LogP) is 4.00. The molecule has 9 nitrogen and oxygen atoms in total. The topological polar surface area (TPSA) is 105 Å². The van der Waals surface area contributed by atoms with Gasteiger partial charge in [-0.2, -0.15) is 10.4 Å². The SMILES string of the molecule is CN(C)CCCCOC(=O)Nc1cccc(Cn2nc(-n3ccc4ccc(C#N)cc43)ccc2=O)c1. The van der Waals surface area contributed by atoms with E-state index in [1.165, 1.54) is 10.7 Å². The summed E-state index contributed by atoms with van der Waals surface area (Å²) in [4.78, 5) is 26.8. The van der Waals surface area contributed by atoms with Crippen LogP contribution in [0.2, 0.25) is 0 Å². The molecule has 0 unspecified atom stereocenters. The van der Waals surface area contributed by atoms with E-state index in [2.05, 4.69) is 21.4 Å². The lowest BCUT2D eigenvalue weighted by Gasteiger charge is -2.11. The van der Waals surface area contributed by atoms with Gasteiger partial charge >= 0.3 is 6.09 Å². The summed E-state index contributed by atoms with van der Waals surface area (Å²) in [5.74, 6) is 0.562. The smallest absolute Gasteiger partial charge is 0.411 e. The number of benzene rings is 2. The minimum atomic E-state index is -0.509. The summed E-state index contributed by atoms with van der Waals surface area (Å²) < 4.78 is 8.47. The highest BCUT2D eigenvalue weighted by Gasteiger charge is 2.09. The van der Waals surface area contributed by atoms with Crippen LogP contribution in [0.25, 0.3) is 16.7 Å². The number of rotatable bonds is 9. The van der Waals surface area contributed by atoms with E-state index in [1.54, 1.807) is 36.4 Å². The van der Waals surface area contributed by atoms with Gasteiger partial charge in [-0.1, -0.05) is 18.2 Å². The molecule has 36 heavy (non-hydrogen) atoms. The number of nitrogens with zero attached hydrogens (tertiary/aromatic N) is 5. The molecule has 0 aliphatic carbocycles. The van der Waals surface area contributed by atoms with E-state index in [4.69, 9.17) is 4.74 Å². The normalized spacial score (nSPS) is 10.9. The van der Waals surface area contributed by atoms with E-state index in [1.807, 2.05) is 43.1 Å². The summed E-state index contributed by atoms with van der Waals surface area (Å²) >= 11 is 0. The summed E-state index contributed by atoms with van der Waals surface area (Å²) in [6, 6.07) is 19.9. The summed E-state index contributed by atoms with van der Waals surface area (Å²) in [5, 5.41) is 17.5. The van der Waals surface area contributed by atoms with Crippen LogP contribution in [-0.4, -0.2) is 52.6 Å². The number of nitrogens with one attached hydrogen (secondary N) is 1. The molecule has 0 radical (unpaired) electrons. The van der Waals surface area contributed by atoms with Gasteiger partial charge in [-0.25, -0.2) is 9.48 Å². The number of fused-ring (bicyclic) bond motifs is 1. The Labute approximate surface area is 209 Å². The lowest BCUT2D eigenvalue weighted by Crippen LogP contribution is -2.24. The molecule has 184 valence electrons. The minimum Gasteiger partial charge on any atom is -0.449 e. The van der Waals surface area contributed by atoms with Gasteiger partial charge in [0.15, 0.2) is 5.82 Å². The van der Waals surface area contributed by atoms with E-state index >= 15 is 0 Å². The van der Waals surface area contributed by atoms with Crippen LogP contribution >= 0.6 is 0 Å². The van der Waals surface area contributed by atoms with E-state index in [9.17, 15) is 14.9 Å². The van der Waals surface area contributed by atoms with Crippen molar-refractivity contribution in [3.8, 4) is 11.9 Å². The van der Waals surface area contributed by atoms with Crippen LogP contribution in [-0.2, 0) is 11.3 Å². The maximum absolute atomic E-state index is 12.5. The molecule has 4 rings (SSSR count). The molecule has 0 atom stereocenters. The lowest BCUT2D eigenvalue weighted by molar-refractivity contribution is 0.158. The van der Waals surface area contributed by atoms with Gasteiger partial charge in [-0.3, -0.25) is 14.7 Å². The van der Waals surface area contributed by atoms with Crippen molar-refractivity contribution in [3.63, 3.8) is 0 Å². The fourth-order valence-corrected chi connectivity index (χ4v) is 3.85. The van der Waals surface area contributed by atoms with Crippen molar-refractivity contribution in [2.24, 2.45) is 0 Å². The van der Waals surface area contributed by atoms with Crippen LogP contribution in [0.5, 0.6) is 0 Å². The fourth-order valence-electron chi connectivity index (χ4n) is 3.85. The molecule has 9 heteroatoms. The molecule has 0 aliphatic heterocycles. The van der Waals surface area contributed by atoms with Gasteiger partial charge in [0, 0.05) is 23.3 Å². The first-order valence-corrected chi connectivity index (χ1v) is 11.7. The van der Waals surface area contributed by atoms with Crippen LogP contribution < -0.4 is 10.9 Å². The Morgan fingerprint density at radius 3 is 2.78 bits per heavy atom. The quantitative estimate of drug-likeness (QED) is 0.360. The van der Waals surface area contributed by atoms with Crippen molar-refractivity contribution in [2.75, 3.05) is 32.6 Å². The molecule has 2 heterocycles. The van der Waals surface area contributed by atoms with Crippen molar-refractivity contribution in [1.82, 2.24) is 19.2 Å². The second-order valence-electron chi connectivity index (χ2n) is 8.73. The second-order valence-corrected chi connectivity index (χ2v) is 8.73. The van der Waals surface area contributed by atoms with Gasteiger partial charge in [0.2, 0.25) is 0 Å². The number of hydrogen-bond acceptors (Lipinski definition) is 6. The summed E-state index contributed by atoms with van der Waals surface area (Å²) in [7, 11) is 4.02. The molecule has 0 aliphatic rings. The van der Waals surface area contributed by atoms with Crippen LogP contribution in [0.1, 0.15) is 24.0 Å². The Hall–Kier alpha value is -4.42. The van der Waals surface area contributed by atoms with E-state index in [0.717, 1.165) is 35.9 Å². The Kier molecular flexibility index (Phi) is 7.78. The second kappa shape index (κ2) is 11.3. The van der Waals surface area contributed by atoms with Gasteiger partial charge in [-0.15, -0.1) is 0 Å². The molecular formula is C27H28N6O3. The maximum atomic E-state index is 12.5. The highest BCUT2D eigenvalue weighted by atomic mass is 16.5. The number of unbranched alkanes of at least 4 members (excludes halogenated alkanes) is 1. The number of amides is 1. The largest absolute Gasteiger partial charge is 0.449 e. The molecule has 0 bridgehead atoms. The first-order valence-electron chi connectivity index (χ1n) is 11.7. The zero-order chi connectivity index (χ0) is 25.5. The third kappa shape index (κ3) is 6.17. The first kappa shape index (κ1) is 24.7. The van der Waals surface area contributed by atoms with Crippen LogP contribution in [0, 0.1) is 11.3 Å². The molecule has 0 spiro atoms. The van der Waals surface area contributed by atoms with Crippen molar-refractivity contribution in [2.45, 2.75) is 19.4 Å². The monoisotopic (exact) mass is 484 g/mol. The number of aromatic nitrogens is 3. The molecule has 4 aromatic rings. The van der Waals surface area contributed by atoms with Crippen LogP contribution in [0.4, 0.5) is 10.5 Å². The Bertz CT molecular complexity index is 1460. The zero-order valence-electron chi connectivity index (χ0n) is 20.3. The van der Waals surface area contributed by atoms with Crippen LogP contribution in [0.3, 0.4) is 0 Å². The van der Waals surface area contributed by atoms with E-state index in [0.29, 0.717) is 23.7 Å². The van der Waals surface area contributed by atoms with Crippen molar-refractivity contribution in [3.05, 3.63) is 88.3 Å². The molecular weight excluding hydrogens is 456 g/mol. The average Bonchev–Trinajstić information content (AvgIpc) is 3.28. The minimum absolute atomic E-state index is 0.227. The summed E-state index contributed by atoms with van der Waals surface area (Å²) in [6.45, 7) is 1.53. The van der Waals surface area contributed by atoms with Gasteiger partial charge in [0.1, 0.15) is 0 Å². The summed E-state index contributed by atoms with van der Waals surface area (Å²) in [6.07, 6.45) is 3.10. The van der Waals surface area contributed by atoms with Crippen molar-refractivity contribution < 1.29 is 9.53 Å². The van der Waals surface area contributed by atoms with Crippen molar-refractivity contribution >= 4 is 22.7 Å². The van der Waals surface area contributed by atoms with Gasteiger partial charge in [0.25, 0.3) is 5.56 Å². The highest BCUT2D eigenvalue weighted by Crippen LogP contribution is 2.20. The Morgan fingerprint density at radius 2 is 1.97 bits per heavy atom. The molecule has 0 saturated carbocycles. The molecule has 1 amide bonds. The van der Waals surface area contributed by atoms with Gasteiger partial charge in [-0.05, 0) is 75.4 Å². The predicted molar refractivity (Wildman–Crippen MR) is 138 cm³/mol. The van der Waals surface area contributed by atoms with E-state index < -0.39 is 6.09 Å². The van der Waals surface area contributed by atoms with Gasteiger partial charge in [0.05, 0.1) is 30.3 Å².